The molecule has 1 aromatic carbocycles. The summed E-state index contributed by atoms with van der Waals surface area (Å²) in [7, 11) is 3.80. The smallest absolute Gasteiger partial charge is 0.142 e. The summed E-state index contributed by atoms with van der Waals surface area (Å²) in [6, 6.07) is 4.99. The predicted octanol–water partition coefficient (Wildman–Crippen LogP) is 3.28. The first kappa shape index (κ1) is 15.0. The Balaban J connectivity index is 2.31. The van der Waals surface area contributed by atoms with Gasteiger partial charge in [0.05, 0.1) is 10.7 Å². The molecule has 0 aliphatic heterocycles. The summed E-state index contributed by atoms with van der Waals surface area (Å²) in [6.45, 7) is 2.08. The maximum Gasteiger partial charge on any atom is 0.142 e. The summed E-state index contributed by atoms with van der Waals surface area (Å²) in [5.41, 5.74) is 2.99. The van der Waals surface area contributed by atoms with Gasteiger partial charge in [0.1, 0.15) is 5.82 Å². The van der Waals surface area contributed by atoms with Gasteiger partial charge in [-0.15, -0.1) is 0 Å². The maximum absolute atomic E-state index is 13.5. The van der Waals surface area contributed by atoms with Crippen molar-refractivity contribution >= 4 is 11.6 Å². The third-order valence-electron chi connectivity index (χ3n) is 3.45. The molecule has 0 saturated heterocycles. The van der Waals surface area contributed by atoms with E-state index in [0.717, 1.165) is 23.2 Å². The van der Waals surface area contributed by atoms with E-state index < -0.39 is 0 Å². The predicted molar refractivity (Wildman–Crippen MR) is 79.5 cm³/mol. The Labute approximate surface area is 123 Å². The van der Waals surface area contributed by atoms with Gasteiger partial charge in [-0.05, 0) is 31.5 Å². The topological polar surface area (TPSA) is 29.9 Å². The minimum absolute atomic E-state index is 0.0675. The van der Waals surface area contributed by atoms with Crippen LogP contribution in [0.4, 0.5) is 4.39 Å². The zero-order valence-electron chi connectivity index (χ0n) is 12.0. The van der Waals surface area contributed by atoms with Gasteiger partial charge >= 0.3 is 0 Å². The van der Waals surface area contributed by atoms with E-state index in [2.05, 4.69) is 17.3 Å². The van der Waals surface area contributed by atoms with Crippen molar-refractivity contribution in [1.82, 2.24) is 15.1 Å². The molecule has 0 spiro atoms. The molecule has 0 bridgehead atoms. The Bertz CT molecular complexity index is 595. The van der Waals surface area contributed by atoms with Crippen molar-refractivity contribution in [3.05, 3.63) is 52.1 Å². The van der Waals surface area contributed by atoms with E-state index in [1.165, 1.54) is 6.07 Å². The van der Waals surface area contributed by atoms with E-state index in [1.807, 2.05) is 31.0 Å². The number of benzene rings is 1. The van der Waals surface area contributed by atoms with Crippen molar-refractivity contribution in [2.75, 3.05) is 7.05 Å². The maximum atomic E-state index is 13.5. The molecule has 3 nitrogen and oxygen atoms in total. The van der Waals surface area contributed by atoms with Crippen LogP contribution in [0.3, 0.4) is 0 Å². The number of hydrogen-bond acceptors (Lipinski definition) is 2. The van der Waals surface area contributed by atoms with Gasteiger partial charge < -0.3 is 5.32 Å². The molecule has 1 unspecified atom stereocenters. The SMILES string of the molecule is CCc1nn(C)cc1C(Cc1cccc(F)c1Cl)NC. The number of nitrogens with one attached hydrogen (secondary N) is 1. The van der Waals surface area contributed by atoms with Crippen LogP contribution in [0.15, 0.2) is 24.4 Å². The second-order valence-electron chi connectivity index (χ2n) is 4.82. The highest BCUT2D eigenvalue weighted by Gasteiger charge is 2.18. The fourth-order valence-electron chi connectivity index (χ4n) is 2.41. The number of likely N-dealkylation sites (N-methyl/N-ethyl adjacent to an activating group) is 1. The summed E-state index contributed by atoms with van der Waals surface area (Å²) < 4.78 is 15.3. The lowest BCUT2D eigenvalue weighted by molar-refractivity contribution is 0.580. The molecule has 1 heterocycles. The normalized spacial score (nSPS) is 12.7. The molecule has 1 aromatic heterocycles. The highest BCUT2D eigenvalue weighted by molar-refractivity contribution is 6.31. The lowest BCUT2D eigenvalue weighted by Crippen LogP contribution is -2.20. The molecule has 0 amide bonds. The zero-order chi connectivity index (χ0) is 14.7. The van der Waals surface area contributed by atoms with Crippen molar-refractivity contribution in [2.24, 2.45) is 7.05 Å². The van der Waals surface area contributed by atoms with Crippen LogP contribution >= 0.6 is 11.6 Å². The first-order chi connectivity index (χ1) is 9.56. The van der Waals surface area contributed by atoms with Crippen LogP contribution in [-0.4, -0.2) is 16.8 Å². The molecule has 5 heteroatoms. The Morgan fingerprint density at radius 2 is 2.20 bits per heavy atom. The highest BCUT2D eigenvalue weighted by Crippen LogP contribution is 2.27. The molecule has 0 saturated carbocycles. The number of hydrogen-bond donors (Lipinski definition) is 1. The summed E-state index contributed by atoms with van der Waals surface area (Å²) in [5.74, 6) is -0.374. The molecule has 2 rings (SSSR count). The van der Waals surface area contributed by atoms with E-state index in [9.17, 15) is 4.39 Å². The fourth-order valence-corrected chi connectivity index (χ4v) is 2.62. The van der Waals surface area contributed by atoms with Gasteiger partial charge in [-0.1, -0.05) is 30.7 Å². The average molecular weight is 296 g/mol. The van der Waals surface area contributed by atoms with Crippen LogP contribution in [0.1, 0.15) is 29.8 Å². The van der Waals surface area contributed by atoms with Crippen molar-refractivity contribution in [3.63, 3.8) is 0 Å². The Morgan fingerprint density at radius 1 is 1.45 bits per heavy atom. The quantitative estimate of drug-likeness (QED) is 0.917. The molecular weight excluding hydrogens is 277 g/mol. The molecule has 2 aromatic rings. The minimum Gasteiger partial charge on any atom is -0.313 e. The third-order valence-corrected chi connectivity index (χ3v) is 3.88. The second kappa shape index (κ2) is 6.37. The highest BCUT2D eigenvalue weighted by atomic mass is 35.5. The van der Waals surface area contributed by atoms with E-state index in [4.69, 9.17) is 11.6 Å². The van der Waals surface area contributed by atoms with Crippen molar-refractivity contribution in [2.45, 2.75) is 25.8 Å². The first-order valence-corrected chi connectivity index (χ1v) is 7.07. The van der Waals surface area contributed by atoms with Gasteiger partial charge in [0.25, 0.3) is 0 Å². The molecule has 0 aliphatic carbocycles. The molecule has 108 valence electrons. The summed E-state index contributed by atoms with van der Waals surface area (Å²) in [5, 5.41) is 7.92. The van der Waals surface area contributed by atoms with E-state index in [-0.39, 0.29) is 16.9 Å². The standard InChI is InChI=1S/C15H19ClFN3/c1-4-13-11(9-20(3)19-13)14(18-2)8-10-6-5-7-12(17)15(10)16/h5-7,9,14,18H,4,8H2,1-3H3. The van der Waals surface area contributed by atoms with Crippen molar-refractivity contribution in [1.29, 1.82) is 0 Å². The van der Waals surface area contributed by atoms with Gasteiger partial charge in [-0.2, -0.15) is 5.10 Å². The largest absolute Gasteiger partial charge is 0.313 e. The van der Waals surface area contributed by atoms with Crippen LogP contribution in [-0.2, 0) is 19.9 Å². The Kier molecular flexibility index (Phi) is 4.78. The third kappa shape index (κ3) is 3.02. The van der Waals surface area contributed by atoms with Crippen LogP contribution < -0.4 is 5.32 Å². The number of aromatic nitrogens is 2. The Morgan fingerprint density at radius 3 is 2.85 bits per heavy atom. The van der Waals surface area contributed by atoms with Crippen LogP contribution in [0.25, 0.3) is 0 Å². The zero-order valence-corrected chi connectivity index (χ0v) is 12.7. The fraction of sp³-hybridized carbons (Fsp3) is 0.400. The van der Waals surface area contributed by atoms with E-state index in [1.54, 1.807) is 6.07 Å². The molecule has 0 radical (unpaired) electrons. The molecule has 0 fully saturated rings. The molecule has 1 N–H and O–H groups in total. The van der Waals surface area contributed by atoms with Gasteiger partial charge in [0.2, 0.25) is 0 Å². The van der Waals surface area contributed by atoms with Crippen molar-refractivity contribution < 1.29 is 4.39 Å². The average Bonchev–Trinajstić information content (AvgIpc) is 2.81. The van der Waals surface area contributed by atoms with Crippen LogP contribution in [0, 0.1) is 5.82 Å². The van der Waals surface area contributed by atoms with Gasteiger partial charge in [0, 0.05) is 24.8 Å². The summed E-state index contributed by atoms with van der Waals surface area (Å²) in [4.78, 5) is 0. The van der Waals surface area contributed by atoms with Crippen LogP contribution in [0.2, 0.25) is 5.02 Å². The second-order valence-corrected chi connectivity index (χ2v) is 5.19. The van der Waals surface area contributed by atoms with E-state index in [0.29, 0.717) is 6.42 Å². The monoisotopic (exact) mass is 295 g/mol. The number of halogens is 2. The summed E-state index contributed by atoms with van der Waals surface area (Å²) in [6.07, 6.45) is 3.50. The molecule has 1 atom stereocenters. The summed E-state index contributed by atoms with van der Waals surface area (Å²) >= 11 is 6.04. The van der Waals surface area contributed by atoms with Gasteiger partial charge in [-0.25, -0.2) is 4.39 Å². The lowest BCUT2D eigenvalue weighted by Gasteiger charge is -2.17. The van der Waals surface area contributed by atoms with Crippen molar-refractivity contribution in [3.8, 4) is 0 Å². The molecular formula is C15H19ClFN3. The van der Waals surface area contributed by atoms with E-state index >= 15 is 0 Å². The number of rotatable bonds is 5. The molecule has 20 heavy (non-hydrogen) atoms. The number of aryl methyl sites for hydroxylation is 2. The van der Waals surface area contributed by atoms with Crippen LogP contribution in [0.5, 0.6) is 0 Å². The Hall–Kier alpha value is -1.39. The minimum atomic E-state index is -0.374. The van der Waals surface area contributed by atoms with Gasteiger partial charge in [0.15, 0.2) is 0 Å². The molecule has 0 aliphatic rings. The lowest BCUT2D eigenvalue weighted by atomic mass is 9.98. The number of nitrogens with zero attached hydrogens (tertiary/aromatic N) is 2. The van der Waals surface area contributed by atoms with Gasteiger partial charge in [-0.3, -0.25) is 4.68 Å². The first-order valence-electron chi connectivity index (χ1n) is 6.69.